The van der Waals surface area contributed by atoms with Crippen LogP contribution in [0.1, 0.15) is 36.6 Å². The van der Waals surface area contributed by atoms with Crippen molar-refractivity contribution in [1.82, 2.24) is 5.32 Å². The van der Waals surface area contributed by atoms with E-state index in [2.05, 4.69) is 35.3 Å². The number of furan rings is 1. The monoisotopic (exact) mass is 340 g/mol. The molecule has 2 heterocycles. The fourth-order valence-corrected chi connectivity index (χ4v) is 3.65. The fourth-order valence-electron chi connectivity index (χ4n) is 3.65. The molecule has 1 amide bonds. The molecule has 25 heavy (non-hydrogen) atoms. The minimum absolute atomic E-state index is 0.0237. The number of nitrogens with zero attached hydrogens (tertiary/aromatic N) is 1. The Balaban J connectivity index is 1.43. The van der Waals surface area contributed by atoms with Crippen molar-refractivity contribution in [2.45, 2.75) is 25.3 Å². The Morgan fingerprint density at radius 2 is 2.00 bits per heavy atom. The Morgan fingerprint density at radius 3 is 2.76 bits per heavy atom. The fraction of sp³-hybridized carbons (Fsp3) is 0.450. The van der Waals surface area contributed by atoms with E-state index in [0.29, 0.717) is 0 Å². The molecular formula is C20H24N2O3. The summed E-state index contributed by atoms with van der Waals surface area (Å²) in [5.41, 5.74) is 2.35. The second-order valence-corrected chi connectivity index (χ2v) is 6.85. The van der Waals surface area contributed by atoms with Crippen LogP contribution < -0.4 is 10.2 Å². The molecule has 1 saturated carbocycles. The highest BCUT2D eigenvalue weighted by molar-refractivity contribution is 5.83. The average Bonchev–Trinajstić information content (AvgIpc) is 3.28. The van der Waals surface area contributed by atoms with Gasteiger partial charge in [0.2, 0.25) is 5.91 Å². The minimum atomic E-state index is -0.0237. The van der Waals surface area contributed by atoms with Crippen molar-refractivity contribution in [3.63, 3.8) is 0 Å². The third kappa shape index (κ3) is 3.42. The number of rotatable bonds is 5. The molecule has 2 fully saturated rings. The van der Waals surface area contributed by atoms with Gasteiger partial charge in [0.05, 0.1) is 25.5 Å². The first-order valence-corrected chi connectivity index (χ1v) is 8.99. The largest absolute Gasteiger partial charge is 0.469 e. The third-order valence-electron chi connectivity index (χ3n) is 5.15. The Kier molecular flexibility index (Phi) is 4.49. The second kappa shape index (κ2) is 6.92. The maximum atomic E-state index is 12.6. The van der Waals surface area contributed by atoms with E-state index in [0.717, 1.165) is 44.0 Å². The zero-order chi connectivity index (χ0) is 17.2. The van der Waals surface area contributed by atoms with Gasteiger partial charge in [0.1, 0.15) is 5.76 Å². The standard InChI is InChI=1S/C20H24N2O3/c1-14(21-20(23)17-13-16(17)19-7-4-10-25-19)15-5-2-3-6-18(15)22-8-11-24-12-9-22/h2-7,10,14,16-17H,8-9,11-13H2,1H3,(H,21,23)/t14-,16+,17-/m0/s1. The summed E-state index contributed by atoms with van der Waals surface area (Å²) >= 11 is 0. The number of carbonyl (C=O) groups excluding carboxylic acids is 1. The number of nitrogens with one attached hydrogen (secondary N) is 1. The first-order valence-electron chi connectivity index (χ1n) is 8.99. The van der Waals surface area contributed by atoms with Gasteiger partial charge in [-0.05, 0) is 37.1 Å². The molecule has 5 heteroatoms. The van der Waals surface area contributed by atoms with Crippen molar-refractivity contribution >= 4 is 11.6 Å². The molecule has 132 valence electrons. The number of benzene rings is 1. The SMILES string of the molecule is C[C@H](NC(=O)[C@H]1C[C@H]1c1ccco1)c1ccccc1N1CCOCC1. The lowest BCUT2D eigenvalue weighted by Gasteiger charge is -2.32. The first-order chi connectivity index (χ1) is 12.2. The molecule has 0 unspecified atom stereocenters. The van der Waals surface area contributed by atoms with Gasteiger partial charge in [-0.25, -0.2) is 0 Å². The number of amides is 1. The van der Waals surface area contributed by atoms with E-state index in [4.69, 9.17) is 9.15 Å². The lowest BCUT2D eigenvalue weighted by molar-refractivity contribution is -0.123. The Morgan fingerprint density at radius 1 is 1.20 bits per heavy atom. The van der Waals surface area contributed by atoms with Crippen LogP contribution in [-0.4, -0.2) is 32.2 Å². The number of anilines is 1. The Labute approximate surface area is 148 Å². The van der Waals surface area contributed by atoms with Gasteiger partial charge < -0.3 is 19.4 Å². The van der Waals surface area contributed by atoms with Crippen LogP contribution in [0.5, 0.6) is 0 Å². The predicted molar refractivity (Wildman–Crippen MR) is 95.6 cm³/mol. The van der Waals surface area contributed by atoms with Crippen molar-refractivity contribution in [3.8, 4) is 0 Å². The number of para-hydroxylation sites is 1. The summed E-state index contributed by atoms with van der Waals surface area (Å²) in [7, 11) is 0. The molecule has 1 N–H and O–H groups in total. The first kappa shape index (κ1) is 16.2. The van der Waals surface area contributed by atoms with Gasteiger partial charge in [-0.2, -0.15) is 0 Å². The molecule has 1 aliphatic heterocycles. The summed E-state index contributed by atoms with van der Waals surface area (Å²) in [6, 6.07) is 12.1. The molecule has 1 aromatic carbocycles. The Hall–Kier alpha value is -2.27. The van der Waals surface area contributed by atoms with Gasteiger partial charge in [-0.3, -0.25) is 4.79 Å². The second-order valence-electron chi connectivity index (χ2n) is 6.85. The van der Waals surface area contributed by atoms with Gasteiger partial charge in [-0.15, -0.1) is 0 Å². The van der Waals surface area contributed by atoms with Gasteiger partial charge in [-0.1, -0.05) is 18.2 Å². The smallest absolute Gasteiger partial charge is 0.224 e. The highest BCUT2D eigenvalue weighted by atomic mass is 16.5. The van der Waals surface area contributed by atoms with Crippen molar-refractivity contribution < 1.29 is 13.9 Å². The highest BCUT2D eigenvalue weighted by Crippen LogP contribution is 2.48. The number of hydrogen-bond acceptors (Lipinski definition) is 4. The normalized spacial score (nSPS) is 24.0. The molecular weight excluding hydrogens is 316 g/mol. The van der Waals surface area contributed by atoms with E-state index in [9.17, 15) is 4.79 Å². The van der Waals surface area contributed by atoms with Crippen molar-refractivity contribution in [1.29, 1.82) is 0 Å². The zero-order valence-corrected chi connectivity index (χ0v) is 14.5. The minimum Gasteiger partial charge on any atom is -0.469 e. The third-order valence-corrected chi connectivity index (χ3v) is 5.15. The lowest BCUT2D eigenvalue weighted by Crippen LogP contribution is -2.37. The van der Waals surface area contributed by atoms with E-state index >= 15 is 0 Å². The van der Waals surface area contributed by atoms with Crippen LogP contribution in [0, 0.1) is 5.92 Å². The summed E-state index contributed by atoms with van der Waals surface area (Å²) in [6.45, 7) is 5.34. The Bertz CT molecular complexity index is 722. The van der Waals surface area contributed by atoms with Crippen LogP contribution in [0.2, 0.25) is 0 Å². The lowest BCUT2D eigenvalue weighted by atomic mass is 10.0. The maximum absolute atomic E-state index is 12.6. The summed E-state index contributed by atoms with van der Waals surface area (Å²) < 4.78 is 10.9. The van der Waals surface area contributed by atoms with Crippen molar-refractivity contribution in [2.75, 3.05) is 31.2 Å². The van der Waals surface area contributed by atoms with Gasteiger partial charge in [0, 0.05) is 30.6 Å². The van der Waals surface area contributed by atoms with E-state index < -0.39 is 0 Å². The molecule has 5 nitrogen and oxygen atoms in total. The van der Waals surface area contributed by atoms with Crippen LogP contribution in [0.15, 0.2) is 47.1 Å². The van der Waals surface area contributed by atoms with E-state index in [1.54, 1.807) is 6.26 Å². The molecule has 0 spiro atoms. The van der Waals surface area contributed by atoms with Crippen molar-refractivity contribution in [3.05, 3.63) is 54.0 Å². The van der Waals surface area contributed by atoms with Crippen LogP contribution in [0.3, 0.4) is 0 Å². The summed E-state index contributed by atoms with van der Waals surface area (Å²) in [6.07, 6.45) is 2.54. The van der Waals surface area contributed by atoms with Gasteiger partial charge in [0.25, 0.3) is 0 Å². The molecule has 2 aromatic rings. The molecule has 1 aliphatic carbocycles. The molecule has 0 bridgehead atoms. The van der Waals surface area contributed by atoms with E-state index in [1.807, 2.05) is 18.2 Å². The number of hydrogen-bond donors (Lipinski definition) is 1. The number of ether oxygens (including phenoxy) is 1. The molecule has 3 atom stereocenters. The summed E-state index contributed by atoms with van der Waals surface area (Å²) in [4.78, 5) is 14.9. The van der Waals surface area contributed by atoms with E-state index in [1.165, 1.54) is 5.69 Å². The van der Waals surface area contributed by atoms with Crippen LogP contribution in [-0.2, 0) is 9.53 Å². The van der Waals surface area contributed by atoms with Gasteiger partial charge >= 0.3 is 0 Å². The van der Waals surface area contributed by atoms with E-state index in [-0.39, 0.29) is 23.8 Å². The topological polar surface area (TPSA) is 54.7 Å². The molecule has 4 rings (SSSR count). The highest BCUT2D eigenvalue weighted by Gasteiger charge is 2.46. The zero-order valence-electron chi connectivity index (χ0n) is 14.5. The molecule has 0 radical (unpaired) electrons. The number of morpholine rings is 1. The maximum Gasteiger partial charge on any atom is 0.224 e. The van der Waals surface area contributed by atoms with Gasteiger partial charge in [0.15, 0.2) is 0 Å². The summed E-state index contributed by atoms with van der Waals surface area (Å²) in [5.74, 6) is 1.30. The van der Waals surface area contributed by atoms with Crippen molar-refractivity contribution in [2.24, 2.45) is 5.92 Å². The molecule has 2 aliphatic rings. The van der Waals surface area contributed by atoms with Crippen LogP contribution >= 0.6 is 0 Å². The molecule has 1 aromatic heterocycles. The summed E-state index contributed by atoms with van der Waals surface area (Å²) in [5, 5.41) is 3.19. The quantitative estimate of drug-likeness (QED) is 0.909. The predicted octanol–water partition coefficient (Wildman–Crippen LogP) is 3.10. The molecule has 1 saturated heterocycles. The average molecular weight is 340 g/mol. The van der Waals surface area contributed by atoms with Crippen LogP contribution in [0.4, 0.5) is 5.69 Å². The number of carbonyl (C=O) groups is 1. The van der Waals surface area contributed by atoms with Crippen LogP contribution in [0.25, 0.3) is 0 Å².